The van der Waals surface area contributed by atoms with E-state index >= 15 is 0 Å². The highest BCUT2D eigenvalue weighted by atomic mass is 15.1. The fourth-order valence-electron chi connectivity index (χ4n) is 4.86. The number of nitrogens with zero attached hydrogens (tertiary/aromatic N) is 3. The van der Waals surface area contributed by atoms with Gasteiger partial charge in [-0.1, -0.05) is 45.2 Å². The number of pyridine rings is 1. The minimum absolute atomic E-state index is 0. The van der Waals surface area contributed by atoms with Crippen LogP contribution >= 0.6 is 0 Å². The molecule has 1 saturated carbocycles. The van der Waals surface area contributed by atoms with Crippen LogP contribution in [0.25, 0.3) is 0 Å². The summed E-state index contributed by atoms with van der Waals surface area (Å²) in [7, 11) is 1.87. The van der Waals surface area contributed by atoms with E-state index in [9.17, 15) is 0 Å². The highest BCUT2D eigenvalue weighted by molar-refractivity contribution is 5.84. The summed E-state index contributed by atoms with van der Waals surface area (Å²) >= 11 is 0. The van der Waals surface area contributed by atoms with Gasteiger partial charge in [0.05, 0.1) is 0 Å². The van der Waals surface area contributed by atoms with Crippen molar-refractivity contribution in [3.63, 3.8) is 0 Å². The molecule has 0 saturated heterocycles. The zero-order valence-corrected chi connectivity index (χ0v) is 21.0. The molecular weight excluding hydrogens is 402 g/mol. The average Bonchev–Trinajstić information content (AvgIpc) is 2.80. The van der Waals surface area contributed by atoms with Crippen molar-refractivity contribution in [2.45, 2.75) is 72.1 Å². The quantitative estimate of drug-likeness (QED) is 0.260. The van der Waals surface area contributed by atoms with Crippen LogP contribution in [0.4, 0.5) is 5.69 Å². The van der Waals surface area contributed by atoms with E-state index in [1.165, 1.54) is 58.6 Å². The van der Waals surface area contributed by atoms with E-state index in [2.05, 4.69) is 60.7 Å². The molecule has 0 spiro atoms. The molecule has 0 aliphatic heterocycles. The number of hydrogen-bond donors (Lipinski definition) is 0. The maximum atomic E-state index is 5.43. The van der Waals surface area contributed by atoms with Crippen molar-refractivity contribution >= 4 is 11.9 Å². The molecule has 179 valence electrons. The third-order valence-corrected chi connectivity index (χ3v) is 6.99. The summed E-state index contributed by atoms with van der Waals surface area (Å²) in [6.07, 6.45) is 13.2. The number of anilines is 1. The second-order valence-electron chi connectivity index (χ2n) is 9.25. The zero-order chi connectivity index (χ0) is 23.6. The van der Waals surface area contributed by atoms with E-state index in [-0.39, 0.29) is 2.85 Å². The van der Waals surface area contributed by atoms with Gasteiger partial charge in [0.15, 0.2) is 0 Å². The Morgan fingerprint density at radius 3 is 2.52 bits per heavy atom. The van der Waals surface area contributed by atoms with Gasteiger partial charge in [-0.15, -0.1) is 5.73 Å². The fourth-order valence-corrected chi connectivity index (χ4v) is 4.86. The molecule has 1 aliphatic carbocycles. The first-order valence-corrected chi connectivity index (χ1v) is 12.7. The van der Waals surface area contributed by atoms with Gasteiger partial charge >= 0.3 is 0 Å². The molecule has 0 amide bonds. The summed E-state index contributed by atoms with van der Waals surface area (Å²) in [6.45, 7) is 13.9. The average molecular weight is 447 g/mol. The van der Waals surface area contributed by atoms with Gasteiger partial charge in [0.25, 0.3) is 0 Å². The van der Waals surface area contributed by atoms with Gasteiger partial charge in [-0.25, -0.2) is 0 Å². The van der Waals surface area contributed by atoms with Crippen LogP contribution in [0.5, 0.6) is 0 Å². The van der Waals surface area contributed by atoms with Gasteiger partial charge in [-0.3, -0.25) is 9.98 Å². The van der Waals surface area contributed by atoms with Gasteiger partial charge in [0, 0.05) is 51.8 Å². The van der Waals surface area contributed by atoms with Gasteiger partial charge in [-0.05, 0) is 86.4 Å². The Kier molecular flexibility index (Phi) is 9.51. The first kappa shape index (κ1) is 25.0. The van der Waals surface area contributed by atoms with Gasteiger partial charge in [0.2, 0.25) is 0 Å². The largest absolute Gasteiger partial charge is 0.367 e. The van der Waals surface area contributed by atoms with Gasteiger partial charge < -0.3 is 4.90 Å². The Morgan fingerprint density at radius 1 is 1.18 bits per heavy atom. The molecule has 3 nitrogen and oxygen atoms in total. The highest BCUT2D eigenvalue weighted by Gasteiger charge is 2.22. The van der Waals surface area contributed by atoms with Gasteiger partial charge in [0.1, 0.15) is 0 Å². The van der Waals surface area contributed by atoms with E-state index in [0.717, 1.165) is 51.1 Å². The van der Waals surface area contributed by atoms with Crippen molar-refractivity contribution in [3.05, 3.63) is 76.3 Å². The molecule has 33 heavy (non-hydrogen) atoms. The number of rotatable bonds is 12. The number of aromatic nitrogens is 1. The van der Waals surface area contributed by atoms with Crippen LogP contribution < -0.4 is 4.90 Å². The predicted octanol–water partition coefficient (Wildman–Crippen LogP) is 6.98. The molecule has 1 aromatic carbocycles. The van der Waals surface area contributed by atoms with Crippen LogP contribution in [-0.4, -0.2) is 31.3 Å². The lowest BCUT2D eigenvalue weighted by Crippen LogP contribution is -2.23. The van der Waals surface area contributed by atoms with Crippen molar-refractivity contribution in [2.75, 3.05) is 25.0 Å². The third kappa shape index (κ3) is 6.45. The molecule has 0 N–H and O–H groups in total. The first-order chi connectivity index (χ1) is 16.1. The van der Waals surface area contributed by atoms with Crippen LogP contribution in [0.15, 0.2) is 41.1 Å². The molecule has 3 rings (SSSR count). The zero-order valence-electron chi connectivity index (χ0n) is 21.0. The van der Waals surface area contributed by atoms with Crippen molar-refractivity contribution in [2.24, 2.45) is 10.9 Å². The minimum Gasteiger partial charge on any atom is -0.367 e. The van der Waals surface area contributed by atoms with E-state index in [0.29, 0.717) is 0 Å². The summed E-state index contributed by atoms with van der Waals surface area (Å²) in [5.41, 5.74) is 11.8. The maximum Gasteiger partial charge on any atom is 0.0500 e. The van der Waals surface area contributed by atoms with E-state index in [1.807, 2.05) is 19.3 Å². The van der Waals surface area contributed by atoms with E-state index in [1.54, 1.807) is 0 Å². The van der Waals surface area contributed by atoms with E-state index in [4.69, 9.17) is 11.6 Å². The Morgan fingerprint density at radius 2 is 1.94 bits per heavy atom. The summed E-state index contributed by atoms with van der Waals surface area (Å²) in [4.78, 5) is 11.9. The highest BCUT2D eigenvalue weighted by Crippen LogP contribution is 2.32. The number of aryl methyl sites for hydroxylation is 2. The normalized spacial score (nSPS) is 13.7. The van der Waals surface area contributed by atoms with Crippen LogP contribution in [0, 0.1) is 19.4 Å². The Balaban J connectivity index is 0.00000306. The van der Waals surface area contributed by atoms with E-state index < -0.39 is 0 Å². The molecule has 1 heterocycles. The number of hydrogen-bond acceptors (Lipinski definition) is 3. The topological polar surface area (TPSA) is 28.5 Å². The lowest BCUT2D eigenvalue weighted by Gasteiger charge is -2.27. The second kappa shape index (κ2) is 12.6. The number of benzene rings is 1. The second-order valence-corrected chi connectivity index (χ2v) is 9.25. The van der Waals surface area contributed by atoms with Crippen molar-refractivity contribution in [1.29, 1.82) is 0 Å². The predicted molar refractivity (Wildman–Crippen MR) is 146 cm³/mol. The molecule has 1 aliphatic rings. The van der Waals surface area contributed by atoms with Crippen LogP contribution in [0.2, 0.25) is 0 Å². The Labute approximate surface area is 204 Å². The molecule has 0 unspecified atom stereocenters. The smallest absolute Gasteiger partial charge is 0.0500 e. The summed E-state index contributed by atoms with van der Waals surface area (Å²) in [5, 5.41) is 0. The van der Waals surface area contributed by atoms with Crippen molar-refractivity contribution in [1.82, 2.24) is 4.98 Å². The molecular formula is C30H44N3. The standard InChI is InChI=1S/C30H40N3.2H2/c1-6-9-20-33(19-7-2)26-16-13-24(14-17-26)15-18-29-23(4)27(8-3)28(22-31-5)30(32-29)21-25-11-10-12-25;;/h1,9,13-14,16-17,22,25H,7-8,10-12,15,18-21H2,2-5H3;2*1H. The molecule has 2 aromatic rings. The molecule has 0 bridgehead atoms. The Bertz CT molecular complexity index is 988. The fraction of sp³-hybridized carbons (Fsp3) is 0.500. The maximum absolute atomic E-state index is 5.43. The van der Waals surface area contributed by atoms with Crippen LogP contribution in [-0.2, 0) is 25.7 Å². The van der Waals surface area contributed by atoms with Crippen molar-refractivity contribution in [3.8, 4) is 0 Å². The summed E-state index contributed by atoms with van der Waals surface area (Å²) < 4.78 is 0. The molecule has 3 heteroatoms. The lowest BCUT2D eigenvalue weighted by atomic mass is 9.80. The van der Waals surface area contributed by atoms with Crippen molar-refractivity contribution < 1.29 is 2.85 Å². The monoisotopic (exact) mass is 446 g/mol. The van der Waals surface area contributed by atoms with Crippen LogP contribution in [0.3, 0.4) is 0 Å². The molecule has 0 atom stereocenters. The molecule has 1 radical (unpaired) electrons. The molecule has 1 aromatic heterocycles. The Hall–Kier alpha value is -2.64. The van der Waals surface area contributed by atoms with Crippen LogP contribution in [0.1, 0.15) is 76.0 Å². The summed E-state index contributed by atoms with van der Waals surface area (Å²) in [6, 6.07) is 8.99. The molecule has 1 fully saturated rings. The first-order valence-electron chi connectivity index (χ1n) is 12.7. The lowest BCUT2D eigenvalue weighted by molar-refractivity contribution is 0.311. The van der Waals surface area contributed by atoms with Gasteiger partial charge in [-0.2, -0.15) is 0 Å². The minimum atomic E-state index is 0. The number of aliphatic imine (C=N–C) groups is 1. The SMILES string of the molecule is [CH]=C=CCN(CCC)c1ccc(CCc2nc(CC3CCC3)c(C=NC)c(CC)c2C)cc1.[HH].[HH]. The summed E-state index contributed by atoms with van der Waals surface area (Å²) in [5.74, 6) is 0.798. The third-order valence-electron chi connectivity index (χ3n) is 6.99.